The predicted molar refractivity (Wildman–Crippen MR) is 36.5 cm³/mol. The van der Waals surface area contributed by atoms with E-state index in [1.807, 2.05) is 0 Å². The van der Waals surface area contributed by atoms with E-state index in [-0.39, 0.29) is 0 Å². The number of hydrogen-bond donors (Lipinski definition) is 0. The maximum absolute atomic E-state index is 11.7. The highest BCUT2D eigenvalue weighted by atomic mass is 19.4. The molecule has 1 aromatic heterocycles. The summed E-state index contributed by atoms with van der Waals surface area (Å²) in [6.45, 7) is 0. The number of nitrogens with zero attached hydrogens (tertiary/aromatic N) is 1. The van der Waals surface area contributed by atoms with Gasteiger partial charge in [-0.15, -0.1) is 0 Å². The lowest BCUT2D eigenvalue weighted by Gasteiger charge is -2.01. The van der Waals surface area contributed by atoms with E-state index < -0.39 is 30.1 Å². The summed E-state index contributed by atoms with van der Waals surface area (Å²) >= 11 is 0. The molecule has 1 heterocycles. The van der Waals surface area contributed by atoms with Crippen molar-refractivity contribution in [1.82, 2.24) is 4.98 Å². The Morgan fingerprint density at radius 3 is 2.50 bits per heavy atom. The molecule has 0 fully saturated rings. The van der Waals surface area contributed by atoms with Crippen LogP contribution in [0.1, 0.15) is 17.1 Å². The van der Waals surface area contributed by atoms with Crippen LogP contribution in [0.4, 0.5) is 13.2 Å². The van der Waals surface area contributed by atoms with E-state index in [4.69, 9.17) is 0 Å². The zero-order chi connectivity index (χ0) is 10.8. The SMILES string of the molecule is O=C(CC(=O)C(F)(F)F)c1ncco1. The highest BCUT2D eigenvalue weighted by molar-refractivity contribution is 6.07. The first-order chi connectivity index (χ1) is 6.41. The lowest BCUT2D eigenvalue weighted by atomic mass is 10.2. The third-order valence-corrected chi connectivity index (χ3v) is 1.31. The van der Waals surface area contributed by atoms with Gasteiger partial charge in [0.1, 0.15) is 6.26 Å². The van der Waals surface area contributed by atoms with Crippen LogP contribution in [0, 0.1) is 0 Å². The van der Waals surface area contributed by atoms with Crippen molar-refractivity contribution in [2.24, 2.45) is 0 Å². The maximum atomic E-state index is 11.7. The Balaban J connectivity index is 2.63. The van der Waals surface area contributed by atoms with Crippen molar-refractivity contribution in [2.45, 2.75) is 12.6 Å². The van der Waals surface area contributed by atoms with Crippen molar-refractivity contribution < 1.29 is 27.2 Å². The first-order valence-corrected chi connectivity index (χ1v) is 3.44. The fourth-order valence-electron chi connectivity index (χ4n) is 0.683. The zero-order valence-corrected chi connectivity index (χ0v) is 6.67. The fourth-order valence-corrected chi connectivity index (χ4v) is 0.683. The number of Topliss-reactive ketones (excluding diaryl/α,β-unsaturated/α-hetero) is 2. The molecule has 0 atom stereocenters. The lowest BCUT2D eigenvalue weighted by Crippen LogP contribution is -2.25. The van der Waals surface area contributed by atoms with Crippen molar-refractivity contribution >= 4 is 11.6 Å². The van der Waals surface area contributed by atoms with E-state index in [2.05, 4.69) is 9.40 Å². The number of aromatic nitrogens is 1. The molecule has 0 N–H and O–H groups in total. The topological polar surface area (TPSA) is 60.2 Å². The number of halogens is 3. The monoisotopic (exact) mass is 207 g/mol. The number of carbonyl (C=O) groups excluding carboxylic acids is 2. The van der Waals surface area contributed by atoms with Gasteiger partial charge in [0.2, 0.25) is 11.6 Å². The maximum Gasteiger partial charge on any atom is 0.450 e. The standard InChI is InChI=1S/C7H4F3NO3/c8-7(9,10)5(13)3-4(12)6-11-1-2-14-6/h1-2H,3H2. The van der Waals surface area contributed by atoms with E-state index in [0.29, 0.717) is 0 Å². The Kier molecular flexibility index (Phi) is 2.68. The lowest BCUT2D eigenvalue weighted by molar-refractivity contribution is -0.170. The number of hydrogen-bond acceptors (Lipinski definition) is 4. The normalized spacial score (nSPS) is 11.4. The molecule has 0 bridgehead atoms. The van der Waals surface area contributed by atoms with Gasteiger partial charge < -0.3 is 4.42 Å². The first kappa shape index (κ1) is 10.4. The van der Waals surface area contributed by atoms with Gasteiger partial charge in [0, 0.05) is 0 Å². The number of oxazole rings is 1. The van der Waals surface area contributed by atoms with Crippen LogP contribution < -0.4 is 0 Å². The third kappa shape index (κ3) is 2.41. The Bertz CT molecular complexity index is 342. The Labute approximate surface area is 75.7 Å². The fraction of sp³-hybridized carbons (Fsp3) is 0.286. The molecule has 0 radical (unpaired) electrons. The van der Waals surface area contributed by atoms with Gasteiger partial charge in [-0.3, -0.25) is 9.59 Å². The summed E-state index contributed by atoms with van der Waals surface area (Å²) in [6, 6.07) is 0. The average molecular weight is 207 g/mol. The Morgan fingerprint density at radius 1 is 1.43 bits per heavy atom. The van der Waals surface area contributed by atoms with Crippen LogP contribution in [0.5, 0.6) is 0 Å². The molecular weight excluding hydrogens is 203 g/mol. The molecule has 0 spiro atoms. The van der Waals surface area contributed by atoms with Crippen LogP contribution in [0.15, 0.2) is 16.9 Å². The van der Waals surface area contributed by atoms with Crippen LogP contribution in [-0.4, -0.2) is 22.7 Å². The largest absolute Gasteiger partial charge is 0.450 e. The van der Waals surface area contributed by atoms with Crippen molar-refractivity contribution in [1.29, 1.82) is 0 Å². The Hall–Kier alpha value is -1.66. The number of carbonyl (C=O) groups is 2. The number of alkyl halides is 3. The van der Waals surface area contributed by atoms with E-state index in [1.54, 1.807) is 0 Å². The quantitative estimate of drug-likeness (QED) is 0.554. The smallest absolute Gasteiger partial charge is 0.442 e. The van der Waals surface area contributed by atoms with E-state index in [9.17, 15) is 22.8 Å². The molecule has 0 saturated heterocycles. The molecule has 4 nitrogen and oxygen atoms in total. The first-order valence-electron chi connectivity index (χ1n) is 3.44. The van der Waals surface area contributed by atoms with Gasteiger partial charge in [-0.25, -0.2) is 4.98 Å². The van der Waals surface area contributed by atoms with Gasteiger partial charge in [-0.1, -0.05) is 0 Å². The summed E-state index contributed by atoms with van der Waals surface area (Å²) in [5, 5.41) is 0. The van der Waals surface area contributed by atoms with Crippen LogP contribution in [0.25, 0.3) is 0 Å². The molecule has 76 valence electrons. The predicted octanol–water partition coefficient (Wildman–Crippen LogP) is 1.38. The highest BCUT2D eigenvalue weighted by Gasteiger charge is 2.39. The molecule has 0 saturated carbocycles. The molecule has 1 rings (SSSR count). The second-order valence-corrected chi connectivity index (χ2v) is 2.36. The van der Waals surface area contributed by atoms with Crippen LogP contribution in [-0.2, 0) is 4.79 Å². The summed E-state index contributed by atoms with van der Waals surface area (Å²) in [7, 11) is 0. The second-order valence-electron chi connectivity index (χ2n) is 2.36. The van der Waals surface area contributed by atoms with Gasteiger partial charge >= 0.3 is 6.18 Å². The second kappa shape index (κ2) is 3.60. The summed E-state index contributed by atoms with van der Waals surface area (Å²) in [5.74, 6) is -3.69. The van der Waals surface area contributed by atoms with Crippen molar-refractivity contribution in [3.8, 4) is 0 Å². The molecule has 0 amide bonds. The van der Waals surface area contributed by atoms with Gasteiger partial charge in [-0.05, 0) is 0 Å². The summed E-state index contributed by atoms with van der Waals surface area (Å²) in [6.07, 6.45) is -4.14. The molecule has 1 aromatic rings. The molecule has 0 unspecified atom stereocenters. The van der Waals surface area contributed by atoms with E-state index in [1.165, 1.54) is 0 Å². The molecule has 0 aliphatic heterocycles. The van der Waals surface area contributed by atoms with Crippen molar-refractivity contribution in [3.63, 3.8) is 0 Å². The average Bonchev–Trinajstić information content (AvgIpc) is 2.53. The molecule has 0 aliphatic rings. The molecule has 0 aromatic carbocycles. The summed E-state index contributed by atoms with van der Waals surface area (Å²) < 4.78 is 39.5. The number of rotatable bonds is 3. The summed E-state index contributed by atoms with van der Waals surface area (Å²) in [4.78, 5) is 24.6. The molecule has 7 heteroatoms. The minimum atomic E-state index is -5.00. The highest BCUT2D eigenvalue weighted by Crippen LogP contribution is 2.18. The van der Waals surface area contributed by atoms with E-state index >= 15 is 0 Å². The molecule has 0 aliphatic carbocycles. The van der Waals surface area contributed by atoms with Crippen LogP contribution >= 0.6 is 0 Å². The van der Waals surface area contributed by atoms with Gasteiger partial charge in [0.05, 0.1) is 12.6 Å². The minimum Gasteiger partial charge on any atom is -0.442 e. The van der Waals surface area contributed by atoms with Crippen LogP contribution in [0.3, 0.4) is 0 Å². The molecule has 14 heavy (non-hydrogen) atoms. The number of ketones is 2. The van der Waals surface area contributed by atoms with Crippen molar-refractivity contribution in [3.05, 3.63) is 18.4 Å². The van der Waals surface area contributed by atoms with Gasteiger partial charge in [-0.2, -0.15) is 13.2 Å². The van der Waals surface area contributed by atoms with Gasteiger partial charge in [0.15, 0.2) is 0 Å². The van der Waals surface area contributed by atoms with Gasteiger partial charge in [0.25, 0.3) is 5.89 Å². The zero-order valence-electron chi connectivity index (χ0n) is 6.67. The Morgan fingerprint density at radius 2 is 2.07 bits per heavy atom. The summed E-state index contributed by atoms with van der Waals surface area (Å²) in [5.41, 5.74) is 0. The van der Waals surface area contributed by atoms with Crippen LogP contribution in [0.2, 0.25) is 0 Å². The minimum absolute atomic E-state index is 0.498. The third-order valence-electron chi connectivity index (χ3n) is 1.31. The van der Waals surface area contributed by atoms with Crippen molar-refractivity contribution in [2.75, 3.05) is 0 Å². The molecular formula is C7H4F3NO3. The van der Waals surface area contributed by atoms with E-state index in [0.717, 1.165) is 12.5 Å².